The number of aromatic nitrogens is 1. The Morgan fingerprint density at radius 2 is 2.10 bits per heavy atom. The molecule has 0 unspecified atom stereocenters. The predicted octanol–water partition coefficient (Wildman–Crippen LogP) is 3.84. The van der Waals surface area contributed by atoms with Crippen LogP contribution < -0.4 is 10.2 Å². The average Bonchev–Trinajstić information content (AvgIpc) is 2.92. The Kier molecular flexibility index (Phi) is 5.63. The van der Waals surface area contributed by atoms with Gasteiger partial charge in [-0.2, -0.15) is 0 Å². The number of hydrogen-bond acceptors (Lipinski definition) is 3. The molecule has 0 atom stereocenters. The molecule has 0 spiro atoms. The molecule has 3 heteroatoms. The van der Waals surface area contributed by atoms with Crippen molar-refractivity contribution in [2.45, 2.75) is 53.5 Å². The lowest BCUT2D eigenvalue weighted by molar-refractivity contribution is 0.301. The first kappa shape index (κ1) is 16.3. The Hall–Kier alpha value is -1.09. The Morgan fingerprint density at radius 3 is 2.71 bits per heavy atom. The number of pyridine rings is 1. The van der Waals surface area contributed by atoms with Gasteiger partial charge in [0, 0.05) is 25.8 Å². The van der Waals surface area contributed by atoms with Gasteiger partial charge in [0.1, 0.15) is 5.82 Å². The molecule has 2 rings (SSSR count). The Labute approximate surface area is 130 Å². The third-order valence-electron chi connectivity index (χ3n) is 4.95. The summed E-state index contributed by atoms with van der Waals surface area (Å²) in [6.45, 7) is 13.5. The lowest BCUT2D eigenvalue weighted by Gasteiger charge is -2.26. The fourth-order valence-electron chi connectivity index (χ4n) is 3.21. The summed E-state index contributed by atoms with van der Waals surface area (Å²) in [6.07, 6.45) is 5.81. The van der Waals surface area contributed by atoms with Crippen molar-refractivity contribution in [1.82, 2.24) is 10.3 Å². The number of hydrogen-bond donors (Lipinski definition) is 1. The molecule has 118 valence electrons. The van der Waals surface area contributed by atoms with Crippen LogP contribution in [0.3, 0.4) is 0 Å². The molecule has 0 saturated carbocycles. The van der Waals surface area contributed by atoms with Gasteiger partial charge in [0.2, 0.25) is 0 Å². The smallest absolute Gasteiger partial charge is 0.128 e. The van der Waals surface area contributed by atoms with E-state index < -0.39 is 0 Å². The maximum Gasteiger partial charge on any atom is 0.128 e. The maximum absolute atomic E-state index is 4.60. The van der Waals surface area contributed by atoms with E-state index in [0.717, 1.165) is 32.0 Å². The number of anilines is 1. The average molecular weight is 289 g/mol. The summed E-state index contributed by atoms with van der Waals surface area (Å²) in [5.41, 5.74) is 1.85. The zero-order valence-electron chi connectivity index (χ0n) is 14.2. The molecule has 1 fully saturated rings. The van der Waals surface area contributed by atoms with Crippen LogP contribution in [0, 0.1) is 11.3 Å². The molecular weight excluding hydrogens is 258 g/mol. The monoisotopic (exact) mass is 289 g/mol. The van der Waals surface area contributed by atoms with E-state index in [0.29, 0.717) is 11.3 Å². The fourth-order valence-corrected chi connectivity index (χ4v) is 3.21. The highest BCUT2D eigenvalue weighted by molar-refractivity contribution is 5.42. The Balaban J connectivity index is 1.98. The van der Waals surface area contributed by atoms with E-state index in [-0.39, 0.29) is 0 Å². The van der Waals surface area contributed by atoms with E-state index in [1.54, 1.807) is 0 Å². The van der Waals surface area contributed by atoms with Gasteiger partial charge < -0.3 is 10.2 Å². The molecule has 0 aromatic carbocycles. The summed E-state index contributed by atoms with van der Waals surface area (Å²) in [4.78, 5) is 7.07. The van der Waals surface area contributed by atoms with Gasteiger partial charge in [-0.05, 0) is 54.8 Å². The molecule has 2 heterocycles. The second-order valence-electron chi connectivity index (χ2n) is 6.93. The molecule has 1 aromatic rings. The second-order valence-corrected chi connectivity index (χ2v) is 6.93. The van der Waals surface area contributed by atoms with E-state index in [1.807, 2.05) is 6.20 Å². The van der Waals surface area contributed by atoms with Crippen molar-refractivity contribution in [3.63, 3.8) is 0 Å². The van der Waals surface area contributed by atoms with Crippen molar-refractivity contribution in [2.75, 3.05) is 24.5 Å². The van der Waals surface area contributed by atoms with Crippen LogP contribution in [0.1, 0.15) is 52.5 Å². The van der Waals surface area contributed by atoms with Crippen LogP contribution in [-0.4, -0.2) is 24.6 Å². The molecule has 1 aliphatic rings. The molecule has 1 aliphatic heterocycles. The summed E-state index contributed by atoms with van der Waals surface area (Å²) in [5, 5.41) is 3.51. The van der Waals surface area contributed by atoms with Gasteiger partial charge in [0.15, 0.2) is 0 Å². The third kappa shape index (κ3) is 4.19. The van der Waals surface area contributed by atoms with E-state index in [2.05, 4.69) is 55.0 Å². The highest BCUT2D eigenvalue weighted by Crippen LogP contribution is 2.38. The summed E-state index contributed by atoms with van der Waals surface area (Å²) in [5.74, 6) is 1.85. The van der Waals surface area contributed by atoms with E-state index in [9.17, 15) is 0 Å². The number of rotatable bonds is 7. The quantitative estimate of drug-likeness (QED) is 0.826. The van der Waals surface area contributed by atoms with E-state index >= 15 is 0 Å². The van der Waals surface area contributed by atoms with Crippen molar-refractivity contribution in [3.8, 4) is 0 Å². The molecule has 0 bridgehead atoms. The van der Waals surface area contributed by atoms with Crippen molar-refractivity contribution < 1.29 is 0 Å². The highest BCUT2D eigenvalue weighted by atomic mass is 15.2. The van der Waals surface area contributed by atoms with Crippen LogP contribution in [0.5, 0.6) is 0 Å². The van der Waals surface area contributed by atoms with Crippen LogP contribution in [-0.2, 0) is 6.54 Å². The zero-order valence-corrected chi connectivity index (χ0v) is 14.2. The summed E-state index contributed by atoms with van der Waals surface area (Å²) in [6, 6.07) is 4.38. The SMILES string of the molecule is CCC1(CC)CCN(c2cc(CNCC(C)C)ccn2)C1. The molecule has 0 amide bonds. The molecular formula is C18H31N3. The standard InChI is InChI=1S/C18H31N3/c1-5-18(6-2)8-10-21(14-18)17-11-16(7-9-20-17)13-19-12-15(3)4/h7,9,11,15,19H,5-6,8,10,12-14H2,1-4H3. The van der Waals surface area contributed by atoms with Crippen molar-refractivity contribution in [3.05, 3.63) is 23.9 Å². The first-order valence-electron chi connectivity index (χ1n) is 8.49. The molecule has 0 radical (unpaired) electrons. The lowest BCUT2D eigenvalue weighted by Crippen LogP contribution is -2.27. The highest BCUT2D eigenvalue weighted by Gasteiger charge is 2.35. The molecule has 3 nitrogen and oxygen atoms in total. The molecule has 1 saturated heterocycles. The summed E-state index contributed by atoms with van der Waals surface area (Å²) < 4.78 is 0. The first-order valence-corrected chi connectivity index (χ1v) is 8.49. The number of nitrogens with zero attached hydrogens (tertiary/aromatic N) is 2. The van der Waals surface area contributed by atoms with Gasteiger partial charge in [-0.25, -0.2) is 4.98 Å². The van der Waals surface area contributed by atoms with Gasteiger partial charge in [-0.3, -0.25) is 0 Å². The second kappa shape index (κ2) is 7.26. The van der Waals surface area contributed by atoms with Crippen LogP contribution >= 0.6 is 0 Å². The largest absolute Gasteiger partial charge is 0.356 e. The summed E-state index contributed by atoms with van der Waals surface area (Å²) in [7, 11) is 0. The van der Waals surface area contributed by atoms with Crippen molar-refractivity contribution >= 4 is 5.82 Å². The fraction of sp³-hybridized carbons (Fsp3) is 0.722. The van der Waals surface area contributed by atoms with Gasteiger partial charge in [0.05, 0.1) is 0 Å². The van der Waals surface area contributed by atoms with Crippen LogP contribution in [0.25, 0.3) is 0 Å². The minimum Gasteiger partial charge on any atom is -0.356 e. The summed E-state index contributed by atoms with van der Waals surface area (Å²) >= 11 is 0. The predicted molar refractivity (Wildman–Crippen MR) is 90.6 cm³/mol. The normalized spacial score (nSPS) is 17.7. The number of nitrogens with one attached hydrogen (secondary N) is 1. The van der Waals surface area contributed by atoms with Crippen LogP contribution in [0.2, 0.25) is 0 Å². The van der Waals surface area contributed by atoms with Crippen LogP contribution in [0.15, 0.2) is 18.3 Å². The minimum absolute atomic E-state index is 0.508. The van der Waals surface area contributed by atoms with E-state index in [1.165, 1.54) is 24.8 Å². The lowest BCUT2D eigenvalue weighted by atomic mass is 9.82. The maximum atomic E-state index is 4.60. The van der Waals surface area contributed by atoms with Gasteiger partial charge in [-0.15, -0.1) is 0 Å². The molecule has 1 N–H and O–H groups in total. The van der Waals surface area contributed by atoms with E-state index in [4.69, 9.17) is 0 Å². The van der Waals surface area contributed by atoms with Gasteiger partial charge >= 0.3 is 0 Å². The zero-order chi connectivity index (χ0) is 15.3. The first-order chi connectivity index (χ1) is 10.1. The molecule has 1 aromatic heterocycles. The van der Waals surface area contributed by atoms with Crippen molar-refractivity contribution in [1.29, 1.82) is 0 Å². The Morgan fingerprint density at radius 1 is 1.33 bits per heavy atom. The van der Waals surface area contributed by atoms with Crippen molar-refractivity contribution in [2.24, 2.45) is 11.3 Å². The molecule has 0 aliphatic carbocycles. The third-order valence-corrected chi connectivity index (χ3v) is 4.95. The van der Waals surface area contributed by atoms with Crippen LogP contribution in [0.4, 0.5) is 5.82 Å². The minimum atomic E-state index is 0.508. The van der Waals surface area contributed by atoms with Gasteiger partial charge in [0.25, 0.3) is 0 Å². The topological polar surface area (TPSA) is 28.2 Å². The van der Waals surface area contributed by atoms with Gasteiger partial charge in [-0.1, -0.05) is 27.7 Å². The molecule has 21 heavy (non-hydrogen) atoms. The Bertz CT molecular complexity index is 438.